The first kappa shape index (κ1) is 8.70. The topological polar surface area (TPSA) is 0 Å². The molecule has 66 valence electrons. The minimum absolute atomic E-state index is 0.210. The van der Waals surface area contributed by atoms with E-state index in [1.54, 1.807) is 12.1 Å². The molecule has 0 spiro atoms. The van der Waals surface area contributed by atoms with Crippen LogP contribution in [0.4, 0.5) is 4.39 Å². The second kappa shape index (κ2) is 3.11. The molecule has 0 saturated carbocycles. The summed E-state index contributed by atoms with van der Waals surface area (Å²) in [5, 5.41) is 2.00. The van der Waals surface area contributed by atoms with E-state index in [1.807, 2.05) is 25.1 Å². The maximum atomic E-state index is 13.1. The third kappa shape index (κ3) is 1.59. The Balaban J connectivity index is 2.81. The van der Waals surface area contributed by atoms with E-state index in [-0.39, 0.29) is 5.82 Å². The van der Waals surface area contributed by atoms with E-state index in [1.165, 1.54) is 0 Å². The Morgan fingerprint density at radius 2 is 1.85 bits per heavy atom. The molecule has 0 saturated heterocycles. The minimum atomic E-state index is -0.210. The Morgan fingerprint density at radius 3 is 2.62 bits per heavy atom. The van der Waals surface area contributed by atoms with Gasteiger partial charge >= 0.3 is 0 Å². The van der Waals surface area contributed by atoms with Gasteiger partial charge in [0.2, 0.25) is 0 Å². The van der Waals surface area contributed by atoms with Crippen molar-refractivity contribution in [3.8, 4) is 0 Å². The summed E-state index contributed by atoms with van der Waals surface area (Å²) in [7, 11) is 0. The molecule has 2 aromatic carbocycles. The molecule has 0 aliphatic heterocycles. The van der Waals surface area contributed by atoms with Crippen molar-refractivity contribution >= 4 is 26.7 Å². The highest BCUT2D eigenvalue weighted by atomic mass is 79.9. The lowest BCUT2D eigenvalue weighted by atomic mass is 10.1. The first-order chi connectivity index (χ1) is 6.16. The molecule has 0 heterocycles. The number of hydrogen-bond donors (Lipinski definition) is 0. The second-order valence-electron chi connectivity index (χ2n) is 3.12. The normalized spacial score (nSPS) is 10.7. The fourth-order valence-corrected chi connectivity index (χ4v) is 1.72. The molecule has 2 rings (SSSR count). The van der Waals surface area contributed by atoms with Crippen LogP contribution in [0.1, 0.15) is 5.56 Å². The molecule has 0 aliphatic carbocycles. The van der Waals surface area contributed by atoms with Gasteiger partial charge in [-0.1, -0.05) is 23.8 Å². The average Bonchev–Trinajstić information content (AvgIpc) is 2.08. The van der Waals surface area contributed by atoms with Gasteiger partial charge in [-0.25, -0.2) is 4.39 Å². The van der Waals surface area contributed by atoms with E-state index >= 15 is 0 Å². The SMILES string of the molecule is Cc1ccc2cc(Br)c(F)cc2c1. The number of halogens is 2. The van der Waals surface area contributed by atoms with Gasteiger partial charge in [-0.2, -0.15) is 0 Å². The molecule has 0 N–H and O–H groups in total. The molecule has 0 atom stereocenters. The Labute approximate surface area is 84.5 Å². The van der Waals surface area contributed by atoms with Crippen molar-refractivity contribution in [2.45, 2.75) is 6.92 Å². The van der Waals surface area contributed by atoms with Gasteiger partial charge in [-0.3, -0.25) is 0 Å². The molecule has 0 aliphatic rings. The van der Waals surface area contributed by atoms with Crippen LogP contribution >= 0.6 is 15.9 Å². The molecule has 0 radical (unpaired) electrons. The lowest BCUT2D eigenvalue weighted by molar-refractivity contribution is 0.623. The smallest absolute Gasteiger partial charge is 0.138 e. The van der Waals surface area contributed by atoms with Gasteiger partial charge in [0, 0.05) is 0 Å². The van der Waals surface area contributed by atoms with Crippen LogP contribution < -0.4 is 0 Å². The lowest BCUT2D eigenvalue weighted by Crippen LogP contribution is -1.80. The van der Waals surface area contributed by atoms with Crippen LogP contribution in [-0.4, -0.2) is 0 Å². The molecule has 0 unspecified atom stereocenters. The van der Waals surface area contributed by atoms with Gasteiger partial charge < -0.3 is 0 Å². The number of aryl methyl sites for hydroxylation is 1. The van der Waals surface area contributed by atoms with Crippen LogP contribution in [-0.2, 0) is 0 Å². The molecule has 2 aromatic rings. The van der Waals surface area contributed by atoms with Crippen LogP contribution in [0.2, 0.25) is 0 Å². The monoisotopic (exact) mass is 238 g/mol. The van der Waals surface area contributed by atoms with E-state index in [4.69, 9.17) is 0 Å². The largest absolute Gasteiger partial charge is 0.206 e. The molecule has 0 bridgehead atoms. The summed E-state index contributed by atoms with van der Waals surface area (Å²) in [6.45, 7) is 2.00. The van der Waals surface area contributed by atoms with E-state index in [0.717, 1.165) is 16.3 Å². The number of rotatable bonds is 0. The predicted octanol–water partition coefficient (Wildman–Crippen LogP) is 4.05. The third-order valence-electron chi connectivity index (χ3n) is 2.03. The van der Waals surface area contributed by atoms with E-state index in [2.05, 4.69) is 15.9 Å². The molecular weight excluding hydrogens is 231 g/mol. The highest BCUT2D eigenvalue weighted by molar-refractivity contribution is 9.10. The molecule has 13 heavy (non-hydrogen) atoms. The van der Waals surface area contributed by atoms with Crippen molar-refractivity contribution in [3.05, 3.63) is 46.2 Å². The van der Waals surface area contributed by atoms with Crippen molar-refractivity contribution in [2.75, 3.05) is 0 Å². The molecular formula is C11H8BrF. The number of benzene rings is 2. The molecule has 2 heteroatoms. The Hall–Kier alpha value is -0.890. The van der Waals surface area contributed by atoms with Crippen LogP contribution in [0.15, 0.2) is 34.8 Å². The van der Waals surface area contributed by atoms with E-state index < -0.39 is 0 Å². The highest BCUT2D eigenvalue weighted by Crippen LogP contribution is 2.23. The van der Waals surface area contributed by atoms with Crippen LogP contribution in [0.25, 0.3) is 10.8 Å². The number of hydrogen-bond acceptors (Lipinski definition) is 0. The molecule has 0 nitrogen and oxygen atoms in total. The molecule has 0 amide bonds. The van der Waals surface area contributed by atoms with Crippen molar-refractivity contribution in [1.29, 1.82) is 0 Å². The first-order valence-corrected chi connectivity index (χ1v) is 4.81. The van der Waals surface area contributed by atoms with Gasteiger partial charge in [-0.05, 0) is 45.8 Å². The average molecular weight is 239 g/mol. The number of fused-ring (bicyclic) bond motifs is 1. The summed E-state index contributed by atoms with van der Waals surface area (Å²) in [5.74, 6) is -0.210. The third-order valence-corrected chi connectivity index (χ3v) is 2.64. The zero-order valence-electron chi connectivity index (χ0n) is 7.14. The van der Waals surface area contributed by atoms with Gasteiger partial charge in [0.25, 0.3) is 0 Å². The summed E-state index contributed by atoms with van der Waals surface area (Å²) in [6, 6.07) is 9.34. The van der Waals surface area contributed by atoms with Gasteiger partial charge in [0.15, 0.2) is 0 Å². The van der Waals surface area contributed by atoms with Gasteiger partial charge in [0.1, 0.15) is 5.82 Å². The van der Waals surface area contributed by atoms with Gasteiger partial charge in [0.05, 0.1) is 4.47 Å². The standard InChI is InChI=1S/C11H8BrF/c1-7-2-3-8-5-10(12)11(13)6-9(8)4-7/h2-6H,1H3. The van der Waals surface area contributed by atoms with Crippen molar-refractivity contribution in [3.63, 3.8) is 0 Å². The van der Waals surface area contributed by atoms with E-state index in [0.29, 0.717) is 4.47 Å². The Bertz CT molecular complexity index is 463. The van der Waals surface area contributed by atoms with Gasteiger partial charge in [-0.15, -0.1) is 0 Å². The van der Waals surface area contributed by atoms with Crippen molar-refractivity contribution in [1.82, 2.24) is 0 Å². The fraction of sp³-hybridized carbons (Fsp3) is 0.0909. The second-order valence-corrected chi connectivity index (χ2v) is 3.97. The summed E-state index contributed by atoms with van der Waals surface area (Å²) < 4.78 is 13.7. The van der Waals surface area contributed by atoms with E-state index in [9.17, 15) is 4.39 Å². The summed E-state index contributed by atoms with van der Waals surface area (Å²) >= 11 is 3.16. The lowest BCUT2D eigenvalue weighted by Gasteiger charge is -2.01. The van der Waals surface area contributed by atoms with Crippen molar-refractivity contribution in [2.24, 2.45) is 0 Å². The zero-order chi connectivity index (χ0) is 9.42. The molecule has 0 aromatic heterocycles. The summed E-state index contributed by atoms with van der Waals surface area (Å²) in [5.41, 5.74) is 1.15. The highest BCUT2D eigenvalue weighted by Gasteiger charge is 2.01. The van der Waals surface area contributed by atoms with Crippen LogP contribution in [0, 0.1) is 12.7 Å². The summed E-state index contributed by atoms with van der Waals surface area (Å²) in [4.78, 5) is 0. The van der Waals surface area contributed by atoms with Crippen LogP contribution in [0.5, 0.6) is 0 Å². The summed E-state index contributed by atoms with van der Waals surface area (Å²) in [6.07, 6.45) is 0. The predicted molar refractivity (Wildman–Crippen MR) is 56.3 cm³/mol. The van der Waals surface area contributed by atoms with Crippen molar-refractivity contribution < 1.29 is 4.39 Å². The maximum Gasteiger partial charge on any atom is 0.138 e. The quantitative estimate of drug-likeness (QED) is 0.650. The Morgan fingerprint density at radius 1 is 1.08 bits per heavy atom. The minimum Gasteiger partial charge on any atom is -0.206 e. The maximum absolute atomic E-state index is 13.1. The zero-order valence-corrected chi connectivity index (χ0v) is 8.73. The Kier molecular flexibility index (Phi) is 2.08. The first-order valence-electron chi connectivity index (χ1n) is 4.02. The fourth-order valence-electron chi connectivity index (χ4n) is 1.36. The van der Waals surface area contributed by atoms with Crippen LogP contribution in [0.3, 0.4) is 0 Å². The molecule has 0 fully saturated rings.